The molecule has 1 saturated heterocycles. The highest BCUT2D eigenvalue weighted by atomic mass is 32.2. The molecule has 4 nitrogen and oxygen atoms in total. The largest absolute Gasteiger partial charge is 0.358 e. The van der Waals surface area contributed by atoms with Gasteiger partial charge in [-0.2, -0.15) is 0 Å². The quantitative estimate of drug-likeness (QED) is 0.768. The molecule has 2 atom stereocenters. The molecule has 1 fully saturated rings. The molecule has 1 aliphatic carbocycles. The highest BCUT2D eigenvalue weighted by Gasteiger charge is 2.45. The molecule has 1 N–H and O–H groups in total. The Bertz CT molecular complexity index is 646. The average Bonchev–Trinajstić information content (AvgIpc) is 3.03. The predicted molar refractivity (Wildman–Crippen MR) is 63.9 cm³/mol. The van der Waals surface area contributed by atoms with E-state index >= 15 is 0 Å². The Morgan fingerprint density at radius 2 is 2.00 bits per heavy atom. The fourth-order valence-corrected chi connectivity index (χ4v) is 3.08. The first-order valence-electron chi connectivity index (χ1n) is 5.23. The summed E-state index contributed by atoms with van der Waals surface area (Å²) in [5, 5.41) is 7.72. The van der Waals surface area contributed by atoms with Crippen LogP contribution in [0.2, 0.25) is 0 Å². The van der Waals surface area contributed by atoms with Crippen molar-refractivity contribution in [3.05, 3.63) is 35.4 Å². The maximum atomic E-state index is 11.7. The molecule has 5 heteroatoms. The number of ether oxygens (including phenoxy) is 1. The SMILES string of the molecule is CS(=O)(=O)c1cccc2c1C=CC(=N)C1OC21. The van der Waals surface area contributed by atoms with E-state index in [1.165, 1.54) is 6.26 Å². The summed E-state index contributed by atoms with van der Waals surface area (Å²) in [6, 6.07) is 5.17. The number of hydrogen-bond donors (Lipinski definition) is 1. The van der Waals surface area contributed by atoms with Gasteiger partial charge in [0.05, 0.1) is 10.6 Å². The Balaban J connectivity index is 2.27. The molecule has 0 amide bonds. The second-order valence-electron chi connectivity index (χ2n) is 4.30. The number of fused-ring (bicyclic) bond motifs is 3. The normalized spacial score (nSPS) is 26.1. The molecule has 2 aliphatic rings. The van der Waals surface area contributed by atoms with E-state index in [4.69, 9.17) is 10.1 Å². The summed E-state index contributed by atoms with van der Waals surface area (Å²) in [6.45, 7) is 0. The number of epoxide rings is 1. The second kappa shape index (κ2) is 3.27. The van der Waals surface area contributed by atoms with Crippen LogP contribution in [0.1, 0.15) is 17.2 Å². The van der Waals surface area contributed by atoms with Gasteiger partial charge in [0.15, 0.2) is 9.84 Å². The summed E-state index contributed by atoms with van der Waals surface area (Å²) in [6.07, 6.45) is 4.14. The van der Waals surface area contributed by atoms with E-state index in [1.54, 1.807) is 24.3 Å². The molecule has 1 aromatic carbocycles. The molecule has 0 saturated carbocycles. The van der Waals surface area contributed by atoms with Crippen molar-refractivity contribution < 1.29 is 13.2 Å². The summed E-state index contributed by atoms with van der Waals surface area (Å²) in [5.41, 5.74) is 1.91. The minimum atomic E-state index is -3.26. The molecule has 1 heterocycles. The van der Waals surface area contributed by atoms with Crippen molar-refractivity contribution in [3.8, 4) is 0 Å². The van der Waals surface area contributed by atoms with Crippen LogP contribution in [-0.2, 0) is 14.6 Å². The number of nitrogens with one attached hydrogen (secondary N) is 1. The smallest absolute Gasteiger partial charge is 0.176 e. The number of hydrogen-bond acceptors (Lipinski definition) is 4. The van der Waals surface area contributed by atoms with Gasteiger partial charge < -0.3 is 10.1 Å². The molecule has 0 bridgehead atoms. The standard InChI is InChI=1S/C12H11NO3S/c1-17(14,15)10-4-2-3-8-7(10)5-6-9(13)12-11(8)16-12/h2-6,11-13H,1H3. The van der Waals surface area contributed by atoms with Crippen LogP contribution in [0.4, 0.5) is 0 Å². The zero-order valence-electron chi connectivity index (χ0n) is 9.17. The van der Waals surface area contributed by atoms with Gasteiger partial charge in [-0.25, -0.2) is 8.42 Å². The third-order valence-corrected chi connectivity index (χ3v) is 4.19. The van der Waals surface area contributed by atoms with Crippen LogP contribution in [0.15, 0.2) is 29.2 Å². The lowest BCUT2D eigenvalue weighted by Gasteiger charge is -2.07. The molecule has 2 unspecified atom stereocenters. The van der Waals surface area contributed by atoms with Crippen molar-refractivity contribution >= 4 is 21.6 Å². The monoisotopic (exact) mass is 249 g/mol. The zero-order valence-corrected chi connectivity index (χ0v) is 9.99. The first-order chi connectivity index (χ1) is 7.98. The fourth-order valence-electron chi connectivity index (χ4n) is 2.16. The number of benzene rings is 1. The van der Waals surface area contributed by atoms with Crippen molar-refractivity contribution in [1.29, 1.82) is 5.41 Å². The topological polar surface area (TPSA) is 70.5 Å². The van der Waals surface area contributed by atoms with Crippen LogP contribution in [0.3, 0.4) is 0 Å². The van der Waals surface area contributed by atoms with E-state index in [2.05, 4.69) is 0 Å². The van der Waals surface area contributed by atoms with E-state index in [1.807, 2.05) is 6.07 Å². The molecule has 17 heavy (non-hydrogen) atoms. The molecule has 0 spiro atoms. The summed E-state index contributed by atoms with van der Waals surface area (Å²) in [7, 11) is -3.26. The minimum Gasteiger partial charge on any atom is -0.358 e. The summed E-state index contributed by atoms with van der Waals surface area (Å²) in [4.78, 5) is 0.301. The molecular weight excluding hydrogens is 238 g/mol. The summed E-state index contributed by atoms with van der Waals surface area (Å²) < 4.78 is 28.8. The molecule has 3 rings (SSSR count). The first kappa shape index (κ1) is 10.7. The van der Waals surface area contributed by atoms with Crippen molar-refractivity contribution in [2.75, 3.05) is 6.26 Å². The summed E-state index contributed by atoms with van der Waals surface area (Å²) in [5.74, 6) is 0. The lowest BCUT2D eigenvalue weighted by molar-refractivity contribution is 0.399. The van der Waals surface area contributed by atoms with Gasteiger partial charge in [0.25, 0.3) is 0 Å². The van der Waals surface area contributed by atoms with Crippen molar-refractivity contribution in [2.45, 2.75) is 17.1 Å². The maximum absolute atomic E-state index is 11.7. The Kier molecular flexibility index (Phi) is 2.06. The zero-order chi connectivity index (χ0) is 12.2. The van der Waals surface area contributed by atoms with Crippen LogP contribution in [-0.4, -0.2) is 26.5 Å². The van der Waals surface area contributed by atoms with Crippen molar-refractivity contribution in [1.82, 2.24) is 0 Å². The third kappa shape index (κ3) is 1.62. The van der Waals surface area contributed by atoms with E-state index < -0.39 is 9.84 Å². The second-order valence-corrected chi connectivity index (χ2v) is 6.28. The van der Waals surface area contributed by atoms with Gasteiger partial charge in [0.2, 0.25) is 0 Å². The van der Waals surface area contributed by atoms with E-state index in [9.17, 15) is 8.42 Å². The fraction of sp³-hybridized carbons (Fsp3) is 0.250. The van der Waals surface area contributed by atoms with Crippen LogP contribution < -0.4 is 0 Å². The van der Waals surface area contributed by atoms with Gasteiger partial charge in [-0.3, -0.25) is 0 Å². The van der Waals surface area contributed by atoms with Gasteiger partial charge >= 0.3 is 0 Å². The number of rotatable bonds is 1. The van der Waals surface area contributed by atoms with E-state index in [0.717, 1.165) is 5.56 Å². The lowest BCUT2D eigenvalue weighted by Crippen LogP contribution is -2.02. The maximum Gasteiger partial charge on any atom is 0.176 e. The average molecular weight is 249 g/mol. The molecule has 0 aromatic heterocycles. The predicted octanol–water partition coefficient (Wildman–Crippen LogP) is 1.58. The van der Waals surface area contributed by atoms with Crippen LogP contribution in [0.5, 0.6) is 0 Å². The highest BCUT2D eigenvalue weighted by molar-refractivity contribution is 7.90. The molecule has 1 aromatic rings. The van der Waals surface area contributed by atoms with Gasteiger partial charge in [-0.1, -0.05) is 18.2 Å². The van der Waals surface area contributed by atoms with Gasteiger partial charge in [0, 0.05) is 6.26 Å². The Hall–Kier alpha value is -1.46. The van der Waals surface area contributed by atoms with E-state index in [-0.39, 0.29) is 12.2 Å². The molecule has 88 valence electrons. The Labute approximate surface area is 99.3 Å². The van der Waals surface area contributed by atoms with Gasteiger partial charge in [0.1, 0.15) is 12.2 Å². The minimum absolute atomic E-state index is 0.158. The number of sulfone groups is 1. The van der Waals surface area contributed by atoms with Crippen molar-refractivity contribution in [2.24, 2.45) is 0 Å². The van der Waals surface area contributed by atoms with Gasteiger partial charge in [-0.15, -0.1) is 0 Å². The molecule has 0 radical (unpaired) electrons. The lowest BCUT2D eigenvalue weighted by atomic mass is 10.0. The highest BCUT2D eigenvalue weighted by Crippen LogP contribution is 2.44. The van der Waals surface area contributed by atoms with Crippen LogP contribution in [0.25, 0.3) is 6.08 Å². The molecule has 1 aliphatic heterocycles. The first-order valence-corrected chi connectivity index (χ1v) is 7.12. The summed E-state index contributed by atoms with van der Waals surface area (Å²) >= 11 is 0. The van der Waals surface area contributed by atoms with Crippen molar-refractivity contribution in [3.63, 3.8) is 0 Å². The Morgan fingerprint density at radius 1 is 1.24 bits per heavy atom. The van der Waals surface area contributed by atoms with Gasteiger partial charge in [-0.05, 0) is 23.3 Å². The third-order valence-electron chi connectivity index (χ3n) is 3.03. The Morgan fingerprint density at radius 3 is 2.71 bits per heavy atom. The van der Waals surface area contributed by atoms with Crippen LogP contribution in [0, 0.1) is 5.41 Å². The van der Waals surface area contributed by atoms with Crippen LogP contribution >= 0.6 is 0 Å². The molecular formula is C12H11NO3S. The van der Waals surface area contributed by atoms with E-state index in [0.29, 0.717) is 16.2 Å².